The highest BCUT2D eigenvalue weighted by molar-refractivity contribution is 5.76. The van der Waals surface area contributed by atoms with Crippen molar-refractivity contribution in [3.05, 3.63) is 35.9 Å². The third kappa shape index (κ3) is 2.83. The van der Waals surface area contributed by atoms with Crippen molar-refractivity contribution in [2.24, 2.45) is 5.92 Å². The van der Waals surface area contributed by atoms with Gasteiger partial charge >= 0.3 is 6.03 Å². The molecule has 2 atom stereocenters. The molecule has 2 heterocycles. The van der Waals surface area contributed by atoms with E-state index in [1.807, 2.05) is 11.0 Å². The van der Waals surface area contributed by atoms with E-state index in [1.54, 1.807) is 0 Å². The Kier molecular flexibility index (Phi) is 4.46. The van der Waals surface area contributed by atoms with Crippen LogP contribution in [0.25, 0.3) is 0 Å². The quantitative estimate of drug-likeness (QED) is 0.831. The third-order valence-electron chi connectivity index (χ3n) is 6.18. The molecule has 5 nitrogen and oxygen atoms in total. The topological polar surface area (TPSA) is 55.8 Å². The smallest absolute Gasteiger partial charge is 0.317 e. The van der Waals surface area contributed by atoms with Gasteiger partial charge in [0.1, 0.15) is 0 Å². The third-order valence-corrected chi connectivity index (χ3v) is 6.18. The summed E-state index contributed by atoms with van der Waals surface area (Å²) in [5.41, 5.74) is 1.31. The number of likely N-dealkylation sites (tertiary alicyclic amines) is 2. The zero-order chi connectivity index (χ0) is 17.4. The summed E-state index contributed by atoms with van der Waals surface area (Å²) in [6, 6.07) is 10.8. The SMILES string of the molecule is CCCNC(=O)N1CC2(C1)[C@H](c1ccccc1)[C@@H](CO)N2CC1CC1. The van der Waals surface area contributed by atoms with Crippen molar-refractivity contribution in [3.8, 4) is 0 Å². The Labute approximate surface area is 150 Å². The molecule has 1 aromatic carbocycles. The molecule has 4 rings (SSSR count). The largest absolute Gasteiger partial charge is 0.395 e. The van der Waals surface area contributed by atoms with Crippen LogP contribution in [0, 0.1) is 5.92 Å². The van der Waals surface area contributed by atoms with E-state index in [-0.39, 0.29) is 24.2 Å². The number of rotatable bonds is 6. The number of aliphatic hydroxyl groups excluding tert-OH is 1. The van der Waals surface area contributed by atoms with Crippen molar-refractivity contribution in [1.82, 2.24) is 15.1 Å². The summed E-state index contributed by atoms with van der Waals surface area (Å²) in [6.07, 6.45) is 3.57. The number of carbonyl (C=O) groups is 1. The van der Waals surface area contributed by atoms with Gasteiger partial charge in [-0.1, -0.05) is 37.3 Å². The molecule has 2 N–H and O–H groups in total. The molecule has 1 aliphatic carbocycles. The Morgan fingerprint density at radius 1 is 1.28 bits per heavy atom. The summed E-state index contributed by atoms with van der Waals surface area (Å²) in [6.45, 7) is 5.60. The van der Waals surface area contributed by atoms with Crippen LogP contribution in [-0.2, 0) is 0 Å². The first-order valence-corrected chi connectivity index (χ1v) is 9.65. The Hall–Kier alpha value is -1.59. The van der Waals surface area contributed by atoms with E-state index in [0.29, 0.717) is 5.92 Å². The molecule has 2 aliphatic heterocycles. The van der Waals surface area contributed by atoms with E-state index in [0.717, 1.165) is 38.5 Å². The molecule has 136 valence electrons. The van der Waals surface area contributed by atoms with Gasteiger partial charge in [0.25, 0.3) is 0 Å². The fourth-order valence-electron chi connectivity index (χ4n) is 4.74. The number of urea groups is 1. The average Bonchev–Trinajstić information content (AvgIpc) is 3.40. The lowest BCUT2D eigenvalue weighted by molar-refractivity contribution is -0.179. The maximum Gasteiger partial charge on any atom is 0.317 e. The number of benzene rings is 1. The lowest BCUT2D eigenvalue weighted by atomic mass is 9.60. The molecule has 2 amide bonds. The highest BCUT2D eigenvalue weighted by atomic mass is 16.3. The molecule has 2 saturated heterocycles. The summed E-state index contributed by atoms with van der Waals surface area (Å²) in [5, 5.41) is 13.0. The van der Waals surface area contributed by atoms with Crippen molar-refractivity contribution >= 4 is 6.03 Å². The first kappa shape index (κ1) is 16.9. The fourth-order valence-corrected chi connectivity index (χ4v) is 4.74. The number of hydrogen-bond donors (Lipinski definition) is 2. The maximum absolute atomic E-state index is 12.3. The van der Waals surface area contributed by atoms with E-state index < -0.39 is 0 Å². The predicted octanol–water partition coefficient (Wildman–Crippen LogP) is 2.03. The zero-order valence-corrected chi connectivity index (χ0v) is 15.0. The highest BCUT2D eigenvalue weighted by Gasteiger charge is 2.66. The first-order valence-electron chi connectivity index (χ1n) is 9.65. The summed E-state index contributed by atoms with van der Waals surface area (Å²) in [5.74, 6) is 1.10. The van der Waals surface area contributed by atoms with Gasteiger partial charge in [-0.2, -0.15) is 0 Å². The molecular weight excluding hydrogens is 314 g/mol. The monoisotopic (exact) mass is 343 g/mol. The minimum absolute atomic E-state index is 0.0148. The standard InChI is InChI=1S/C20H29N3O2/c1-2-10-21-19(25)22-13-20(14-22)18(16-6-4-3-5-7-16)17(12-24)23(20)11-15-8-9-15/h3-7,15,17-18,24H,2,8-14H2,1H3,(H,21,25)/t17-,18-/m1/s1. The normalized spacial score (nSPS) is 27.7. The van der Waals surface area contributed by atoms with Crippen LogP contribution in [0.5, 0.6) is 0 Å². The number of nitrogens with one attached hydrogen (secondary N) is 1. The lowest BCUT2D eigenvalue weighted by Gasteiger charge is -2.70. The van der Waals surface area contributed by atoms with E-state index in [4.69, 9.17) is 0 Å². The predicted molar refractivity (Wildman–Crippen MR) is 97.5 cm³/mol. The molecule has 3 aliphatic rings. The molecule has 1 spiro atoms. The molecular formula is C20H29N3O2. The number of amides is 2. The van der Waals surface area contributed by atoms with Crippen LogP contribution < -0.4 is 5.32 Å². The summed E-state index contributed by atoms with van der Waals surface area (Å²) in [4.78, 5) is 16.7. The second-order valence-electron chi connectivity index (χ2n) is 7.93. The Morgan fingerprint density at radius 3 is 2.60 bits per heavy atom. The van der Waals surface area contributed by atoms with Gasteiger partial charge in [0.15, 0.2) is 0 Å². The van der Waals surface area contributed by atoms with E-state index in [2.05, 4.69) is 41.4 Å². The Balaban J connectivity index is 1.52. The zero-order valence-electron chi connectivity index (χ0n) is 15.0. The highest BCUT2D eigenvalue weighted by Crippen LogP contribution is 2.55. The van der Waals surface area contributed by atoms with E-state index >= 15 is 0 Å². The van der Waals surface area contributed by atoms with Crippen LogP contribution in [0.4, 0.5) is 4.79 Å². The first-order chi connectivity index (χ1) is 12.2. The Bertz CT molecular complexity index is 611. The molecule has 0 bridgehead atoms. The van der Waals surface area contributed by atoms with E-state index in [1.165, 1.54) is 18.4 Å². The van der Waals surface area contributed by atoms with Gasteiger partial charge < -0.3 is 15.3 Å². The molecule has 1 aromatic rings. The second kappa shape index (κ2) is 6.61. The van der Waals surface area contributed by atoms with Crippen LogP contribution in [-0.4, -0.2) is 65.3 Å². The van der Waals surface area contributed by atoms with Gasteiger partial charge in [0.2, 0.25) is 0 Å². The van der Waals surface area contributed by atoms with Crippen molar-refractivity contribution < 1.29 is 9.90 Å². The fraction of sp³-hybridized carbons (Fsp3) is 0.650. The van der Waals surface area contributed by atoms with Crippen LogP contribution >= 0.6 is 0 Å². The summed E-state index contributed by atoms with van der Waals surface area (Å²) >= 11 is 0. The molecule has 0 aromatic heterocycles. The number of aliphatic hydroxyl groups is 1. The van der Waals surface area contributed by atoms with Gasteiger partial charge in [0.05, 0.1) is 12.1 Å². The second-order valence-corrected chi connectivity index (χ2v) is 7.93. The van der Waals surface area contributed by atoms with E-state index in [9.17, 15) is 9.90 Å². The lowest BCUT2D eigenvalue weighted by Crippen LogP contribution is -2.85. The van der Waals surface area contributed by atoms with Gasteiger partial charge in [-0.3, -0.25) is 4.90 Å². The van der Waals surface area contributed by atoms with Crippen molar-refractivity contribution in [2.45, 2.75) is 43.7 Å². The Morgan fingerprint density at radius 2 is 2.00 bits per heavy atom. The number of carbonyl (C=O) groups excluding carboxylic acids is 1. The summed E-state index contributed by atoms with van der Waals surface area (Å²) < 4.78 is 0. The maximum atomic E-state index is 12.3. The van der Waals surface area contributed by atoms with Gasteiger partial charge in [-0.15, -0.1) is 0 Å². The van der Waals surface area contributed by atoms with Crippen molar-refractivity contribution in [1.29, 1.82) is 0 Å². The molecule has 25 heavy (non-hydrogen) atoms. The molecule has 3 fully saturated rings. The van der Waals surface area contributed by atoms with Crippen LogP contribution in [0.15, 0.2) is 30.3 Å². The van der Waals surface area contributed by atoms with Crippen LogP contribution in [0.3, 0.4) is 0 Å². The average molecular weight is 343 g/mol. The number of hydrogen-bond acceptors (Lipinski definition) is 3. The van der Waals surface area contributed by atoms with Gasteiger partial charge in [-0.05, 0) is 30.7 Å². The van der Waals surface area contributed by atoms with Gasteiger partial charge in [0, 0.05) is 38.1 Å². The minimum Gasteiger partial charge on any atom is -0.395 e. The molecule has 0 radical (unpaired) electrons. The van der Waals surface area contributed by atoms with Crippen LogP contribution in [0.2, 0.25) is 0 Å². The molecule has 1 saturated carbocycles. The number of nitrogens with zero attached hydrogens (tertiary/aromatic N) is 2. The molecule has 0 unspecified atom stereocenters. The van der Waals surface area contributed by atoms with Gasteiger partial charge in [-0.25, -0.2) is 4.79 Å². The molecule has 5 heteroatoms. The van der Waals surface area contributed by atoms with Crippen LogP contribution in [0.1, 0.15) is 37.7 Å². The summed E-state index contributed by atoms with van der Waals surface area (Å²) in [7, 11) is 0. The van der Waals surface area contributed by atoms with Crippen molar-refractivity contribution in [2.75, 3.05) is 32.8 Å². The van der Waals surface area contributed by atoms with Crippen molar-refractivity contribution in [3.63, 3.8) is 0 Å². The minimum atomic E-state index is 0.0148.